The van der Waals surface area contributed by atoms with Crippen LogP contribution in [0.4, 0.5) is 0 Å². The summed E-state index contributed by atoms with van der Waals surface area (Å²) in [5.74, 6) is 0.297. The highest BCUT2D eigenvalue weighted by Gasteiger charge is 2.20. The molecular weight excluding hydrogens is 224 g/mol. The maximum Gasteiger partial charge on any atom is 0.0840 e. The third-order valence-electron chi connectivity index (χ3n) is 3.41. The van der Waals surface area contributed by atoms with Gasteiger partial charge in [0.05, 0.1) is 12.2 Å². The third-order valence-corrected chi connectivity index (χ3v) is 3.41. The Morgan fingerprint density at radius 3 is 2.33 bits per heavy atom. The lowest BCUT2D eigenvalue weighted by Gasteiger charge is -2.24. The Morgan fingerprint density at radius 1 is 1.33 bits per heavy atom. The molecular formula is C16H28O2. The van der Waals surface area contributed by atoms with Gasteiger partial charge >= 0.3 is 0 Å². The van der Waals surface area contributed by atoms with Gasteiger partial charge in [0.15, 0.2) is 0 Å². The molecule has 0 rings (SSSR count). The van der Waals surface area contributed by atoms with Gasteiger partial charge in [-0.2, -0.15) is 0 Å². The van der Waals surface area contributed by atoms with Crippen LogP contribution in [0.2, 0.25) is 0 Å². The van der Waals surface area contributed by atoms with Gasteiger partial charge in [0.1, 0.15) is 0 Å². The number of hydrogen-bond acceptors (Lipinski definition) is 2. The Hall–Kier alpha value is -0.860. The molecule has 0 aromatic rings. The monoisotopic (exact) mass is 252 g/mol. The highest BCUT2D eigenvalue weighted by Crippen LogP contribution is 2.23. The maximum absolute atomic E-state index is 9.92. The average molecular weight is 252 g/mol. The minimum absolute atomic E-state index is 0.0888. The molecule has 0 aliphatic carbocycles. The highest BCUT2D eigenvalue weighted by atomic mass is 16.5. The largest absolute Gasteiger partial charge is 0.388 e. The predicted octanol–water partition coefficient (Wildman–Crippen LogP) is 3.88. The van der Waals surface area contributed by atoms with Crippen LogP contribution in [0.3, 0.4) is 0 Å². The number of aliphatic hydroxyl groups excluding tert-OH is 1. The first-order valence-electron chi connectivity index (χ1n) is 6.64. The summed E-state index contributed by atoms with van der Waals surface area (Å²) in [6.45, 7) is 11.9. The van der Waals surface area contributed by atoms with E-state index < -0.39 is 6.10 Å². The van der Waals surface area contributed by atoms with Gasteiger partial charge in [-0.05, 0) is 44.8 Å². The van der Waals surface area contributed by atoms with Crippen LogP contribution in [-0.2, 0) is 4.74 Å². The van der Waals surface area contributed by atoms with E-state index in [-0.39, 0.29) is 6.10 Å². The second-order valence-electron chi connectivity index (χ2n) is 4.71. The van der Waals surface area contributed by atoms with Gasteiger partial charge in [0.2, 0.25) is 0 Å². The lowest BCUT2D eigenvalue weighted by Crippen LogP contribution is -2.23. The second kappa shape index (κ2) is 9.12. The zero-order valence-electron chi connectivity index (χ0n) is 12.4. The molecule has 0 saturated carbocycles. The molecule has 0 saturated heterocycles. The van der Waals surface area contributed by atoms with Crippen LogP contribution >= 0.6 is 0 Å². The van der Waals surface area contributed by atoms with Gasteiger partial charge in [-0.25, -0.2) is 0 Å². The lowest BCUT2D eigenvalue weighted by atomic mass is 9.90. The van der Waals surface area contributed by atoms with Crippen molar-refractivity contribution >= 4 is 0 Å². The van der Waals surface area contributed by atoms with Crippen molar-refractivity contribution in [2.45, 2.75) is 52.7 Å². The molecule has 2 heteroatoms. The Morgan fingerprint density at radius 2 is 1.94 bits per heavy atom. The summed E-state index contributed by atoms with van der Waals surface area (Å²) in [6, 6.07) is 0. The molecule has 1 N–H and O–H groups in total. The van der Waals surface area contributed by atoms with Crippen LogP contribution in [0.1, 0.15) is 40.5 Å². The molecule has 0 radical (unpaired) electrons. The van der Waals surface area contributed by atoms with E-state index in [9.17, 15) is 5.11 Å². The Labute approximate surface area is 112 Å². The van der Waals surface area contributed by atoms with Crippen LogP contribution in [0, 0.1) is 5.92 Å². The predicted molar refractivity (Wildman–Crippen MR) is 78.6 cm³/mol. The quantitative estimate of drug-likeness (QED) is 0.664. The van der Waals surface area contributed by atoms with Crippen LogP contribution in [-0.4, -0.2) is 24.4 Å². The molecule has 2 nitrogen and oxygen atoms in total. The minimum atomic E-state index is -0.431. The fourth-order valence-electron chi connectivity index (χ4n) is 2.07. The number of allylic oxidation sites excluding steroid dienone is 1. The van der Waals surface area contributed by atoms with E-state index in [2.05, 4.69) is 32.6 Å². The molecule has 0 heterocycles. The van der Waals surface area contributed by atoms with Crippen molar-refractivity contribution in [1.82, 2.24) is 0 Å². The number of hydrogen-bond donors (Lipinski definition) is 1. The van der Waals surface area contributed by atoms with Gasteiger partial charge in [0.25, 0.3) is 0 Å². The SMILES string of the molecule is C=CCC(O)C(C)=CC(CC)C(OC)C(C)=CC. The minimum Gasteiger partial charge on any atom is -0.388 e. The van der Waals surface area contributed by atoms with Crippen molar-refractivity contribution in [2.24, 2.45) is 5.92 Å². The second-order valence-corrected chi connectivity index (χ2v) is 4.71. The summed E-state index contributed by atoms with van der Waals surface area (Å²) in [5, 5.41) is 9.92. The van der Waals surface area contributed by atoms with E-state index in [1.54, 1.807) is 13.2 Å². The molecule has 104 valence electrons. The van der Waals surface area contributed by atoms with E-state index in [0.29, 0.717) is 12.3 Å². The molecule has 0 aromatic carbocycles. The summed E-state index contributed by atoms with van der Waals surface area (Å²) in [6.07, 6.45) is 7.20. The highest BCUT2D eigenvalue weighted by molar-refractivity contribution is 5.15. The summed E-state index contributed by atoms with van der Waals surface area (Å²) >= 11 is 0. The maximum atomic E-state index is 9.92. The molecule has 0 aromatic heterocycles. The van der Waals surface area contributed by atoms with Gasteiger partial charge in [0, 0.05) is 13.0 Å². The molecule has 0 aliphatic heterocycles. The first-order valence-corrected chi connectivity index (χ1v) is 6.64. The van der Waals surface area contributed by atoms with Crippen molar-refractivity contribution in [3.05, 3.63) is 36.0 Å². The number of methoxy groups -OCH3 is 1. The molecule has 0 bridgehead atoms. The normalized spacial score (nSPS) is 18.3. The molecule has 3 unspecified atom stereocenters. The van der Waals surface area contributed by atoms with Gasteiger partial charge < -0.3 is 9.84 Å². The molecule has 0 spiro atoms. The molecule has 0 amide bonds. The van der Waals surface area contributed by atoms with Gasteiger partial charge in [-0.3, -0.25) is 0 Å². The summed E-state index contributed by atoms with van der Waals surface area (Å²) in [4.78, 5) is 0. The summed E-state index contributed by atoms with van der Waals surface area (Å²) in [5.41, 5.74) is 2.22. The van der Waals surface area contributed by atoms with Crippen LogP contribution in [0.15, 0.2) is 36.0 Å². The summed E-state index contributed by atoms with van der Waals surface area (Å²) < 4.78 is 5.58. The Bertz CT molecular complexity index is 302. The number of ether oxygens (including phenoxy) is 1. The number of rotatable bonds is 8. The first kappa shape index (κ1) is 17.1. The van der Waals surface area contributed by atoms with E-state index in [1.807, 2.05) is 13.8 Å². The molecule has 3 atom stereocenters. The van der Waals surface area contributed by atoms with E-state index in [4.69, 9.17) is 4.74 Å². The van der Waals surface area contributed by atoms with Crippen LogP contribution in [0.25, 0.3) is 0 Å². The topological polar surface area (TPSA) is 29.5 Å². The smallest absolute Gasteiger partial charge is 0.0840 e. The lowest BCUT2D eigenvalue weighted by molar-refractivity contribution is 0.0947. The van der Waals surface area contributed by atoms with Crippen molar-refractivity contribution in [1.29, 1.82) is 0 Å². The van der Waals surface area contributed by atoms with Gasteiger partial charge in [-0.1, -0.05) is 25.2 Å². The number of aliphatic hydroxyl groups is 1. The third kappa shape index (κ3) is 5.19. The van der Waals surface area contributed by atoms with Crippen molar-refractivity contribution < 1.29 is 9.84 Å². The zero-order valence-corrected chi connectivity index (χ0v) is 12.4. The van der Waals surface area contributed by atoms with Gasteiger partial charge in [-0.15, -0.1) is 6.58 Å². The Kier molecular flexibility index (Phi) is 8.69. The van der Waals surface area contributed by atoms with Crippen molar-refractivity contribution in [3.63, 3.8) is 0 Å². The summed E-state index contributed by atoms with van der Waals surface area (Å²) in [7, 11) is 1.74. The zero-order chi connectivity index (χ0) is 14.1. The average Bonchev–Trinajstić information content (AvgIpc) is 2.37. The first-order chi connectivity index (χ1) is 8.51. The molecule has 0 fully saturated rings. The fraction of sp³-hybridized carbons (Fsp3) is 0.625. The van der Waals surface area contributed by atoms with E-state index in [0.717, 1.165) is 12.0 Å². The van der Waals surface area contributed by atoms with E-state index in [1.165, 1.54) is 5.57 Å². The molecule has 0 aliphatic rings. The van der Waals surface area contributed by atoms with Crippen LogP contribution in [0.5, 0.6) is 0 Å². The van der Waals surface area contributed by atoms with Crippen LogP contribution < -0.4 is 0 Å². The fourth-order valence-corrected chi connectivity index (χ4v) is 2.07. The Balaban J connectivity index is 4.96. The molecule has 18 heavy (non-hydrogen) atoms. The van der Waals surface area contributed by atoms with Crippen molar-refractivity contribution in [2.75, 3.05) is 7.11 Å². The standard InChI is InChI=1S/C16H28O2/c1-7-10-15(17)13(5)11-14(9-3)16(18-6)12(4)8-2/h7-8,11,14-17H,1,9-10H2,2-6H3. The van der Waals surface area contributed by atoms with Crippen molar-refractivity contribution in [3.8, 4) is 0 Å². The van der Waals surface area contributed by atoms with E-state index >= 15 is 0 Å².